The molecule has 1 amide bonds. The first-order chi connectivity index (χ1) is 14.2. The summed E-state index contributed by atoms with van der Waals surface area (Å²) in [5, 5.41) is 1.17. The van der Waals surface area contributed by atoms with Crippen LogP contribution in [0.1, 0.15) is 26.4 Å². The Bertz CT molecular complexity index is 1190. The van der Waals surface area contributed by atoms with Crippen LogP contribution in [-0.4, -0.2) is 19.1 Å². The maximum atomic E-state index is 13.7. The van der Waals surface area contributed by atoms with Crippen molar-refractivity contribution < 1.29 is 9.53 Å². The van der Waals surface area contributed by atoms with Crippen molar-refractivity contribution >= 4 is 33.0 Å². The van der Waals surface area contributed by atoms with E-state index in [1.165, 1.54) is 16.5 Å². The van der Waals surface area contributed by atoms with Crippen LogP contribution in [0.4, 0.5) is 5.69 Å². The van der Waals surface area contributed by atoms with Crippen molar-refractivity contribution in [3.63, 3.8) is 0 Å². The Kier molecular flexibility index (Phi) is 4.57. The molecule has 0 radical (unpaired) electrons. The molecule has 0 fully saturated rings. The second-order valence-electron chi connectivity index (χ2n) is 7.34. The average Bonchev–Trinajstić information content (AvgIpc) is 3.13. The van der Waals surface area contributed by atoms with E-state index in [0.717, 1.165) is 33.0 Å². The molecule has 0 unspecified atom stereocenters. The number of aryl methyl sites for hydroxylation is 1. The Morgan fingerprint density at radius 3 is 2.62 bits per heavy atom. The Morgan fingerprint density at radius 2 is 1.76 bits per heavy atom. The molecule has 1 aliphatic rings. The Hall–Kier alpha value is -3.11. The van der Waals surface area contributed by atoms with Crippen molar-refractivity contribution in [1.82, 2.24) is 0 Å². The third-order valence-electron chi connectivity index (χ3n) is 5.37. The fourth-order valence-electron chi connectivity index (χ4n) is 3.86. The van der Waals surface area contributed by atoms with Crippen molar-refractivity contribution in [1.29, 1.82) is 0 Å². The smallest absolute Gasteiger partial charge is 0.268 e. The number of rotatable bonds is 3. The number of anilines is 1. The maximum absolute atomic E-state index is 13.7. The minimum Gasteiger partial charge on any atom is -0.490 e. The number of benzene rings is 3. The molecule has 5 rings (SSSR count). The molecule has 2 heterocycles. The third kappa shape index (κ3) is 3.30. The number of carbonyl (C=O) groups is 1. The summed E-state index contributed by atoms with van der Waals surface area (Å²) < 4.78 is 6.90. The normalized spacial score (nSPS) is 13.2. The molecule has 4 aromatic rings. The molecule has 29 heavy (non-hydrogen) atoms. The average molecular weight is 400 g/mol. The largest absolute Gasteiger partial charge is 0.490 e. The maximum Gasteiger partial charge on any atom is 0.268 e. The summed E-state index contributed by atoms with van der Waals surface area (Å²) in [6.45, 7) is 3.17. The first kappa shape index (κ1) is 18.0. The Balaban J connectivity index is 1.60. The zero-order valence-corrected chi connectivity index (χ0v) is 17.0. The molecule has 0 bridgehead atoms. The first-order valence-corrected chi connectivity index (χ1v) is 10.6. The third-order valence-corrected chi connectivity index (χ3v) is 6.57. The Labute approximate surface area is 174 Å². The van der Waals surface area contributed by atoms with E-state index in [2.05, 4.69) is 43.3 Å². The minimum absolute atomic E-state index is 0.0593. The highest BCUT2D eigenvalue weighted by atomic mass is 32.1. The number of ether oxygens (including phenoxy) is 1. The first-order valence-electron chi connectivity index (χ1n) is 9.80. The molecule has 0 saturated heterocycles. The van der Waals surface area contributed by atoms with E-state index in [4.69, 9.17) is 4.74 Å². The highest BCUT2D eigenvalue weighted by Crippen LogP contribution is 2.37. The molecule has 1 aliphatic heterocycles. The van der Waals surface area contributed by atoms with Gasteiger partial charge < -0.3 is 9.64 Å². The molecule has 0 atom stereocenters. The number of amides is 1. The zero-order chi connectivity index (χ0) is 19.8. The van der Waals surface area contributed by atoms with E-state index < -0.39 is 0 Å². The van der Waals surface area contributed by atoms with Crippen LogP contribution in [0.3, 0.4) is 0 Å². The standard InChI is InChI=1S/C25H21NO2S/c1-17-10-12-18(13-11-17)16-20-19-6-2-5-9-23(19)29-24(20)25(27)26-14-15-28-22-8-4-3-7-21(22)26/h2-13H,14-16H2,1H3. The molecular formula is C25H21NO2S. The van der Waals surface area contributed by atoms with Gasteiger partial charge in [0.25, 0.3) is 5.91 Å². The van der Waals surface area contributed by atoms with Crippen molar-refractivity contribution in [2.45, 2.75) is 13.3 Å². The minimum atomic E-state index is 0.0593. The van der Waals surface area contributed by atoms with Crippen LogP contribution in [0.5, 0.6) is 5.75 Å². The van der Waals surface area contributed by atoms with Gasteiger partial charge in [-0.05, 0) is 48.1 Å². The number of para-hydroxylation sites is 2. The SMILES string of the molecule is Cc1ccc(Cc2c(C(=O)N3CCOc4ccccc43)sc3ccccc23)cc1. The highest BCUT2D eigenvalue weighted by molar-refractivity contribution is 7.21. The fraction of sp³-hybridized carbons (Fsp3) is 0.160. The van der Waals surface area contributed by atoms with Gasteiger partial charge in [-0.3, -0.25) is 4.79 Å². The second-order valence-corrected chi connectivity index (χ2v) is 8.39. The topological polar surface area (TPSA) is 29.5 Å². The highest BCUT2D eigenvalue weighted by Gasteiger charge is 2.28. The van der Waals surface area contributed by atoms with Crippen molar-refractivity contribution in [2.24, 2.45) is 0 Å². The fourth-order valence-corrected chi connectivity index (χ4v) is 5.03. The van der Waals surface area contributed by atoms with Gasteiger partial charge in [-0.2, -0.15) is 0 Å². The molecule has 1 aromatic heterocycles. The van der Waals surface area contributed by atoms with Crippen LogP contribution in [-0.2, 0) is 6.42 Å². The number of hydrogen-bond donors (Lipinski definition) is 0. The van der Waals surface area contributed by atoms with E-state index in [9.17, 15) is 4.79 Å². The van der Waals surface area contributed by atoms with Gasteiger partial charge in [0, 0.05) is 4.70 Å². The van der Waals surface area contributed by atoms with Gasteiger partial charge in [0.2, 0.25) is 0 Å². The van der Waals surface area contributed by atoms with E-state index in [-0.39, 0.29) is 5.91 Å². The van der Waals surface area contributed by atoms with Crippen LogP contribution in [0.2, 0.25) is 0 Å². The van der Waals surface area contributed by atoms with E-state index >= 15 is 0 Å². The molecule has 0 N–H and O–H groups in total. The molecule has 0 saturated carbocycles. The van der Waals surface area contributed by atoms with Gasteiger partial charge >= 0.3 is 0 Å². The summed E-state index contributed by atoms with van der Waals surface area (Å²) >= 11 is 1.59. The lowest BCUT2D eigenvalue weighted by Gasteiger charge is -2.29. The summed E-state index contributed by atoms with van der Waals surface area (Å²) in [6.07, 6.45) is 0.747. The molecule has 0 spiro atoms. The van der Waals surface area contributed by atoms with Gasteiger partial charge in [0.05, 0.1) is 17.1 Å². The van der Waals surface area contributed by atoms with E-state index in [1.54, 1.807) is 11.3 Å². The number of fused-ring (bicyclic) bond motifs is 2. The summed E-state index contributed by atoms with van der Waals surface area (Å²) in [5.74, 6) is 0.831. The van der Waals surface area contributed by atoms with Crippen LogP contribution >= 0.6 is 11.3 Å². The molecule has 3 aromatic carbocycles. The monoisotopic (exact) mass is 399 g/mol. The summed E-state index contributed by atoms with van der Waals surface area (Å²) in [5.41, 5.74) is 4.42. The lowest BCUT2D eigenvalue weighted by molar-refractivity contribution is 0.0980. The van der Waals surface area contributed by atoms with E-state index in [1.807, 2.05) is 41.3 Å². The summed E-state index contributed by atoms with van der Waals surface area (Å²) in [4.78, 5) is 16.4. The van der Waals surface area contributed by atoms with Gasteiger partial charge in [0.1, 0.15) is 12.4 Å². The predicted molar refractivity (Wildman–Crippen MR) is 119 cm³/mol. The lowest BCUT2D eigenvalue weighted by atomic mass is 10.0. The quantitative estimate of drug-likeness (QED) is 0.433. The van der Waals surface area contributed by atoms with Crippen LogP contribution in [0.15, 0.2) is 72.8 Å². The zero-order valence-electron chi connectivity index (χ0n) is 16.2. The van der Waals surface area contributed by atoms with Crippen LogP contribution < -0.4 is 9.64 Å². The van der Waals surface area contributed by atoms with Crippen LogP contribution in [0, 0.1) is 6.92 Å². The van der Waals surface area contributed by atoms with Gasteiger partial charge in [-0.1, -0.05) is 60.2 Å². The summed E-state index contributed by atoms with van der Waals surface area (Å²) in [7, 11) is 0. The van der Waals surface area contributed by atoms with Gasteiger partial charge in [-0.15, -0.1) is 11.3 Å². The van der Waals surface area contributed by atoms with Crippen molar-refractivity contribution in [3.8, 4) is 5.75 Å². The predicted octanol–water partition coefficient (Wildman–Crippen LogP) is 5.84. The number of hydrogen-bond acceptors (Lipinski definition) is 3. The number of nitrogens with zero attached hydrogens (tertiary/aromatic N) is 1. The van der Waals surface area contributed by atoms with Crippen molar-refractivity contribution in [3.05, 3.63) is 94.4 Å². The van der Waals surface area contributed by atoms with Crippen LogP contribution in [0.25, 0.3) is 10.1 Å². The lowest BCUT2D eigenvalue weighted by Crippen LogP contribution is -2.37. The summed E-state index contributed by atoms with van der Waals surface area (Å²) in [6, 6.07) is 24.6. The van der Waals surface area contributed by atoms with Crippen molar-refractivity contribution in [2.75, 3.05) is 18.1 Å². The molecule has 144 valence electrons. The number of carbonyl (C=O) groups excluding carboxylic acids is 1. The van der Waals surface area contributed by atoms with Gasteiger partial charge in [0.15, 0.2) is 0 Å². The van der Waals surface area contributed by atoms with E-state index in [0.29, 0.717) is 13.2 Å². The molecule has 4 heteroatoms. The Morgan fingerprint density at radius 1 is 1.00 bits per heavy atom. The molecular weight excluding hydrogens is 378 g/mol. The number of thiophene rings is 1. The molecule has 0 aliphatic carbocycles. The van der Waals surface area contributed by atoms with Gasteiger partial charge in [-0.25, -0.2) is 0 Å². The molecule has 3 nitrogen and oxygen atoms in total. The second kappa shape index (κ2) is 7.37.